The molecule has 1 saturated heterocycles. The summed E-state index contributed by atoms with van der Waals surface area (Å²) in [6, 6.07) is 18.9. The molecule has 2 heterocycles. The molecule has 0 radical (unpaired) electrons. The average Bonchev–Trinajstić information content (AvgIpc) is 3.55. The number of hydrogen-bond acceptors (Lipinski definition) is 6. The Morgan fingerprint density at radius 2 is 1.66 bits per heavy atom. The molecule has 9 heteroatoms. The highest BCUT2D eigenvalue weighted by molar-refractivity contribution is 7.92. The van der Waals surface area contributed by atoms with Crippen molar-refractivity contribution in [3.05, 3.63) is 83.4 Å². The normalized spacial score (nSPS) is 15.2. The van der Waals surface area contributed by atoms with E-state index in [-0.39, 0.29) is 23.2 Å². The second-order valence-corrected chi connectivity index (χ2v) is 10.3. The number of nitrogens with one attached hydrogen (secondary N) is 2. The number of carbonyl (C=O) groups is 1. The van der Waals surface area contributed by atoms with Crippen LogP contribution in [0, 0.1) is 0 Å². The number of carbonyl (C=O) groups excluding carboxylic acids is 1. The molecule has 8 nitrogen and oxygen atoms in total. The smallest absolute Gasteiger partial charge is 0.261 e. The molecule has 3 aromatic rings. The van der Waals surface area contributed by atoms with Crippen molar-refractivity contribution in [2.45, 2.75) is 30.8 Å². The molecular weight excluding hydrogens is 466 g/mol. The van der Waals surface area contributed by atoms with E-state index in [4.69, 9.17) is 9.47 Å². The minimum absolute atomic E-state index is 0.00255. The van der Waals surface area contributed by atoms with Crippen molar-refractivity contribution in [3.63, 3.8) is 0 Å². The minimum atomic E-state index is -3.91. The zero-order chi connectivity index (χ0) is 24.3. The molecule has 2 aliphatic heterocycles. The second-order valence-electron chi connectivity index (χ2n) is 8.64. The van der Waals surface area contributed by atoms with Gasteiger partial charge in [0.15, 0.2) is 11.5 Å². The first-order chi connectivity index (χ1) is 17.0. The Morgan fingerprint density at radius 1 is 0.886 bits per heavy atom. The van der Waals surface area contributed by atoms with E-state index in [1.54, 1.807) is 30.3 Å². The molecule has 3 aromatic carbocycles. The van der Waals surface area contributed by atoms with Crippen LogP contribution in [-0.4, -0.2) is 39.1 Å². The number of hydrogen-bond donors (Lipinski definition) is 2. The summed E-state index contributed by atoms with van der Waals surface area (Å²) < 4.78 is 39.0. The molecule has 0 aliphatic carbocycles. The Bertz CT molecular complexity index is 1340. The molecule has 0 saturated carbocycles. The van der Waals surface area contributed by atoms with Crippen LogP contribution < -0.4 is 19.5 Å². The van der Waals surface area contributed by atoms with Gasteiger partial charge in [-0.1, -0.05) is 30.3 Å². The lowest BCUT2D eigenvalue weighted by Gasteiger charge is -2.18. The number of rotatable bonds is 8. The fourth-order valence-electron chi connectivity index (χ4n) is 4.32. The summed E-state index contributed by atoms with van der Waals surface area (Å²) in [5, 5.41) is 2.93. The zero-order valence-corrected chi connectivity index (χ0v) is 20.0. The third kappa shape index (κ3) is 5.41. The maximum Gasteiger partial charge on any atom is 0.261 e. The van der Waals surface area contributed by atoms with Gasteiger partial charge in [0.05, 0.1) is 10.6 Å². The van der Waals surface area contributed by atoms with E-state index >= 15 is 0 Å². The van der Waals surface area contributed by atoms with Gasteiger partial charge >= 0.3 is 0 Å². The Hall–Kier alpha value is -3.56. The maximum absolute atomic E-state index is 12.9. The minimum Gasteiger partial charge on any atom is -0.454 e. The van der Waals surface area contributed by atoms with Crippen LogP contribution >= 0.6 is 0 Å². The number of fused-ring (bicyclic) bond motifs is 1. The fraction of sp³-hybridized carbons (Fsp3) is 0.269. The number of amides is 1. The first-order valence-corrected chi connectivity index (χ1v) is 13.1. The second kappa shape index (κ2) is 9.97. The van der Waals surface area contributed by atoms with Crippen LogP contribution in [0.2, 0.25) is 0 Å². The van der Waals surface area contributed by atoms with E-state index < -0.39 is 10.0 Å². The van der Waals surface area contributed by atoms with Crippen molar-refractivity contribution >= 4 is 21.6 Å². The number of sulfonamides is 1. The van der Waals surface area contributed by atoms with Gasteiger partial charge in [-0.2, -0.15) is 0 Å². The third-order valence-electron chi connectivity index (χ3n) is 6.18. The van der Waals surface area contributed by atoms with Crippen LogP contribution in [0.3, 0.4) is 0 Å². The van der Waals surface area contributed by atoms with Gasteiger partial charge in [-0.05, 0) is 67.4 Å². The van der Waals surface area contributed by atoms with Crippen LogP contribution in [0.25, 0.3) is 0 Å². The van der Waals surface area contributed by atoms with E-state index in [9.17, 15) is 13.2 Å². The lowest BCUT2D eigenvalue weighted by atomic mass is 10.1. The molecule has 5 rings (SSSR count). The lowest BCUT2D eigenvalue weighted by molar-refractivity contribution is 0.0950. The monoisotopic (exact) mass is 493 g/mol. The quantitative estimate of drug-likeness (QED) is 0.496. The Balaban J connectivity index is 1.26. The summed E-state index contributed by atoms with van der Waals surface area (Å²) in [4.78, 5) is 15.3. The maximum atomic E-state index is 12.9. The van der Waals surface area contributed by atoms with Crippen molar-refractivity contribution < 1.29 is 22.7 Å². The molecule has 0 aromatic heterocycles. The molecule has 0 unspecified atom stereocenters. The van der Waals surface area contributed by atoms with E-state index in [0.717, 1.165) is 25.2 Å². The van der Waals surface area contributed by atoms with E-state index in [2.05, 4.69) is 21.0 Å². The van der Waals surface area contributed by atoms with E-state index in [1.807, 2.05) is 18.2 Å². The molecule has 0 spiro atoms. The van der Waals surface area contributed by atoms with Crippen molar-refractivity contribution in [1.29, 1.82) is 0 Å². The number of ether oxygens (including phenoxy) is 2. The van der Waals surface area contributed by atoms with Crippen LogP contribution in [0.4, 0.5) is 5.69 Å². The van der Waals surface area contributed by atoms with Gasteiger partial charge in [0.2, 0.25) is 6.79 Å². The van der Waals surface area contributed by atoms with E-state index in [0.29, 0.717) is 23.7 Å². The van der Waals surface area contributed by atoms with E-state index in [1.165, 1.54) is 30.5 Å². The molecule has 1 amide bonds. The molecule has 0 atom stereocenters. The molecule has 2 aliphatic rings. The van der Waals surface area contributed by atoms with Crippen molar-refractivity contribution in [1.82, 2.24) is 10.2 Å². The summed E-state index contributed by atoms with van der Waals surface area (Å²) in [5.74, 6) is 0.707. The van der Waals surface area contributed by atoms with Crippen LogP contribution in [0.1, 0.15) is 34.3 Å². The summed E-state index contributed by atoms with van der Waals surface area (Å²) >= 11 is 0. The van der Waals surface area contributed by atoms with Crippen LogP contribution in [0.5, 0.6) is 11.5 Å². The highest BCUT2D eigenvalue weighted by Crippen LogP contribution is 2.34. The van der Waals surface area contributed by atoms with Gasteiger partial charge in [-0.3, -0.25) is 14.4 Å². The summed E-state index contributed by atoms with van der Waals surface area (Å²) in [6.07, 6.45) is 2.45. The fourth-order valence-corrected chi connectivity index (χ4v) is 5.42. The highest BCUT2D eigenvalue weighted by atomic mass is 32.2. The molecule has 0 bridgehead atoms. The first kappa shape index (κ1) is 23.2. The first-order valence-electron chi connectivity index (χ1n) is 11.6. The molecule has 182 valence electrons. The zero-order valence-electron chi connectivity index (χ0n) is 19.2. The largest absolute Gasteiger partial charge is 0.454 e. The van der Waals surface area contributed by atoms with Gasteiger partial charge in [0.1, 0.15) is 0 Å². The predicted molar refractivity (Wildman–Crippen MR) is 132 cm³/mol. The van der Waals surface area contributed by atoms with Crippen molar-refractivity contribution in [3.8, 4) is 11.5 Å². The molecule has 35 heavy (non-hydrogen) atoms. The highest BCUT2D eigenvalue weighted by Gasteiger charge is 2.20. The van der Waals surface area contributed by atoms with Crippen LogP contribution in [0.15, 0.2) is 71.6 Å². The number of likely N-dealkylation sites (tertiary alicyclic amines) is 1. The number of nitrogens with zero attached hydrogens (tertiary/aromatic N) is 1. The van der Waals surface area contributed by atoms with Crippen LogP contribution in [-0.2, 0) is 23.1 Å². The SMILES string of the molecule is O=C(NCc1ccccc1CN1CCCC1)c1cccc(S(=O)(=O)Nc2ccc3c(c2)OCO3)c1. The Labute approximate surface area is 204 Å². The Morgan fingerprint density at radius 3 is 2.49 bits per heavy atom. The van der Waals surface area contributed by atoms with Gasteiger partial charge in [0, 0.05) is 24.7 Å². The number of benzene rings is 3. The third-order valence-corrected chi connectivity index (χ3v) is 7.56. The van der Waals surface area contributed by atoms with Crippen molar-refractivity contribution in [2.24, 2.45) is 0 Å². The summed E-state index contributed by atoms with van der Waals surface area (Å²) in [5.41, 5.74) is 2.87. The van der Waals surface area contributed by atoms with Crippen molar-refractivity contribution in [2.75, 3.05) is 24.6 Å². The summed E-state index contributed by atoms with van der Waals surface area (Å²) in [7, 11) is -3.91. The number of anilines is 1. The topological polar surface area (TPSA) is 97.0 Å². The van der Waals surface area contributed by atoms with Gasteiger partial charge in [0.25, 0.3) is 15.9 Å². The molecule has 1 fully saturated rings. The average molecular weight is 494 g/mol. The van der Waals surface area contributed by atoms with Gasteiger partial charge in [-0.25, -0.2) is 8.42 Å². The summed E-state index contributed by atoms with van der Waals surface area (Å²) in [6.45, 7) is 3.54. The Kier molecular flexibility index (Phi) is 6.61. The standard InChI is InChI=1S/C26H27N3O5S/c30-26(27-16-20-6-1-2-7-21(20)17-29-12-3-4-13-29)19-8-5-9-23(14-19)35(31,32)28-22-10-11-24-25(15-22)34-18-33-24/h1-2,5-11,14-15,28H,3-4,12-13,16-18H2,(H,27,30). The van der Waals surface area contributed by atoms with Gasteiger partial charge < -0.3 is 14.8 Å². The predicted octanol–water partition coefficient (Wildman–Crippen LogP) is 3.74. The molecule has 2 N–H and O–H groups in total. The van der Waals surface area contributed by atoms with Gasteiger partial charge in [-0.15, -0.1) is 0 Å². The molecular formula is C26H27N3O5S. The lowest BCUT2D eigenvalue weighted by Crippen LogP contribution is -2.25.